The van der Waals surface area contributed by atoms with Crippen molar-refractivity contribution in [2.45, 2.75) is 18.6 Å². The summed E-state index contributed by atoms with van der Waals surface area (Å²) >= 11 is 0. The van der Waals surface area contributed by atoms with E-state index in [1.165, 1.54) is 5.22 Å². The highest BCUT2D eigenvalue weighted by Crippen LogP contribution is 2.29. The molecule has 2 heteroatoms. The summed E-state index contributed by atoms with van der Waals surface area (Å²) in [6.07, 6.45) is 4.30. The maximum Gasteiger partial charge on any atom is 0.179 e. The Bertz CT molecular complexity index is 406. The Hall–Kier alpha value is -1.15. The van der Waals surface area contributed by atoms with Crippen molar-refractivity contribution < 1.29 is 4.74 Å². The van der Waals surface area contributed by atoms with Gasteiger partial charge in [-0.25, -0.2) is 4.99 Å². The maximum absolute atomic E-state index is 5.66. The average molecular weight is 173 g/mol. The first-order valence-electron chi connectivity index (χ1n) is 4.70. The van der Waals surface area contributed by atoms with Gasteiger partial charge in [0.2, 0.25) is 0 Å². The van der Waals surface area contributed by atoms with E-state index in [1.54, 1.807) is 0 Å². The number of fused-ring (bicyclic) bond motifs is 1. The Morgan fingerprint density at radius 2 is 2.23 bits per heavy atom. The molecule has 2 nitrogen and oxygen atoms in total. The van der Waals surface area contributed by atoms with Crippen LogP contribution in [0.1, 0.15) is 12.8 Å². The van der Waals surface area contributed by atoms with Crippen molar-refractivity contribution in [3.8, 4) is 0 Å². The predicted octanol–water partition coefficient (Wildman–Crippen LogP) is 0.607. The lowest BCUT2D eigenvalue weighted by Crippen LogP contribution is -2.19. The number of hydrogen-bond acceptors (Lipinski definition) is 2. The SMILES string of the molecule is C1=c2ccccc2=NC12CCCO2. The zero-order chi connectivity index (χ0) is 8.73. The van der Waals surface area contributed by atoms with Gasteiger partial charge in [-0.1, -0.05) is 18.2 Å². The number of nitrogens with zero attached hydrogens (tertiary/aromatic N) is 1. The first kappa shape index (κ1) is 7.27. The number of hydrogen-bond donors (Lipinski definition) is 0. The van der Waals surface area contributed by atoms with Gasteiger partial charge in [-0.3, -0.25) is 0 Å². The largest absolute Gasteiger partial charge is 0.350 e. The van der Waals surface area contributed by atoms with Crippen LogP contribution in [-0.4, -0.2) is 12.3 Å². The van der Waals surface area contributed by atoms with Gasteiger partial charge in [-0.2, -0.15) is 0 Å². The fourth-order valence-electron chi connectivity index (χ4n) is 2.04. The molecule has 0 saturated carbocycles. The molecule has 3 rings (SSSR count). The van der Waals surface area contributed by atoms with Gasteiger partial charge in [0.05, 0.1) is 12.0 Å². The highest BCUT2D eigenvalue weighted by molar-refractivity contribution is 5.39. The van der Waals surface area contributed by atoms with Gasteiger partial charge in [0, 0.05) is 11.6 Å². The second-order valence-corrected chi connectivity index (χ2v) is 3.61. The van der Waals surface area contributed by atoms with Crippen molar-refractivity contribution in [1.29, 1.82) is 0 Å². The van der Waals surface area contributed by atoms with E-state index in [4.69, 9.17) is 4.74 Å². The Labute approximate surface area is 76.6 Å². The van der Waals surface area contributed by atoms with E-state index in [9.17, 15) is 0 Å². The van der Waals surface area contributed by atoms with Crippen molar-refractivity contribution >= 4 is 6.08 Å². The Morgan fingerprint density at radius 3 is 3.00 bits per heavy atom. The van der Waals surface area contributed by atoms with Crippen LogP contribution in [0.4, 0.5) is 0 Å². The zero-order valence-electron chi connectivity index (χ0n) is 7.36. The Balaban J connectivity index is 2.22. The maximum atomic E-state index is 5.66. The third kappa shape index (κ3) is 1.02. The van der Waals surface area contributed by atoms with Crippen molar-refractivity contribution in [2.24, 2.45) is 4.99 Å². The van der Waals surface area contributed by atoms with Crippen LogP contribution in [-0.2, 0) is 4.74 Å². The summed E-state index contributed by atoms with van der Waals surface area (Å²) in [5, 5.41) is 2.29. The van der Waals surface area contributed by atoms with Crippen LogP contribution in [0.3, 0.4) is 0 Å². The van der Waals surface area contributed by atoms with E-state index in [2.05, 4.69) is 17.1 Å². The van der Waals surface area contributed by atoms with Crippen LogP contribution in [0.25, 0.3) is 6.08 Å². The number of para-hydroxylation sites is 1. The second kappa shape index (κ2) is 2.42. The van der Waals surface area contributed by atoms with Crippen molar-refractivity contribution in [2.75, 3.05) is 6.61 Å². The third-order valence-corrected chi connectivity index (χ3v) is 2.66. The Morgan fingerprint density at radius 1 is 1.31 bits per heavy atom. The highest BCUT2D eigenvalue weighted by Gasteiger charge is 2.33. The number of rotatable bonds is 0. The van der Waals surface area contributed by atoms with Crippen LogP contribution in [0, 0.1) is 0 Å². The number of ether oxygens (including phenoxy) is 1. The quantitative estimate of drug-likeness (QED) is 0.563. The van der Waals surface area contributed by atoms with Gasteiger partial charge in [-0.05, 0) is 18.6 Å². The summed E-state index contributed by atoms with van der Waals surface area (Å²) in [5.74, 6) is 0. The average Bonchev–Trinajstić information content (AvgIpc) is 2.72. The van der Waals surface area contributed by atoms with Crippen LogP contribution in [0.2, 0.25) is 0 Å². The molecule has 1 aromatic rings. The first-order chi connectivity index (χ1) is 6.38. The molecule has 1 atom stereocenters. The highest BCUT2D eigenvalue weighted by atomic mass is 16.5. The predicted molar refractivity (Wildman–Crippen MR) is 49.6 cm³/mol. The van der Waals surface area contributed by atoms with E-state index in [1.807, 2.05) is 18.2 Å². The summed E-state index contributed by atoms with van der Waals surface area (Å²) in [4.78, 5) is 4.60. The topological polar surface area (TPSA) is 21.6 Å². The fourth-order valence-corrected chi connectivity index (χ4v) is 2.04. The normalized spacial score (nSPS) is 29.8. The van der Waals surface area contributed by atoms with Gasteiger partial charge < -0.3 is 4.74 Å². The molecular formula is C11H11NO. The smallest absolute Gasteiger partial charge is 0.179 e. The summed E-state index contributed by atoms with van der Waals surface area (Å²) in [5.41, 5.74) is -0.302. The van der Waals surface area contributed by atoms with Gasteiger partial charge in [0.15, 0.2) is 5.72 Å². The minimum atomic E-state index is -0.302. The molecule has 1 unspecified atom stereocenters. The molecule has 1 spiro atoms. The van der Waals surface area contributed by atoms with E-state index in [-0.39, 0.29) is 5.72 Å². The molecule has 1 saturated heterocycles. The van der Waals surface area contributed by atoms with Gasteiger partial charge >= 0.3 is 0 Å². The molecule has 1 fully saturated rings. The molecule has 66 valence electrons. The minimum Gasteiger partial charge on any atom is -0.350 e. The number of benzene rings is 1. The monoisotopic (exact) mass is 173 g/mol. The lowest BCUT2D eigenvalue weighted by Gasteiger charge is -2.15. The summed E-state index contributed by atoms with van der Waals surface area (Å²) < 4.78 is 5.66. The van der Waals surface area contributed by atoms with E-state index in [0.29, 0.717) is 0 Å². The minimum absolute atomic E-state index is 0.302. The second-order valence-electron chi connectivity index (χ2n) is 3.61. The van der Waals surface area contributed by atoms with Crippen molar-refractivity contribution in [3.63, 3.8) is 0 Å². The van der Waals surface area contributed by atoms with E-state index >= 15 is 0 Å². The molecule has 0 N–H and O–H groups in total. The molecular weight excluding hydrogens is 162 g/mol. The molecule has 2 heterocycles. The molecule has 2 aliphatic heterocycles. The molecule has 13 heavy (non-hydrogen) atoms. The van der Waals surface area contributed by atoms with Crippen LogP contribution in [0.5, 0.6) is 0 Å². The van der Waals surface area contributed by atoms with Gasteiger partial charge in [-0.15, -0.1) is 0 Å². The van der Waals surface area contributed by atoms with Crippen LogP contribution >= 0.6 is 0 Å². The van der Waals surface area contributed by atoms with Crippen LogP contribution < -0.4 is 10.6 Å². The standard InChI is InChI=1S/C11H11NO/c1-2-5-10-9(4-1)8-11(12-10)6-3-7-13-11/h1-2,4-5,8H,3,6-7H2. The van der Waals surface area contributed by atoms with Crippen LogP contribution in [0.15, 0.2) is 29.3 Å². The molecule has 1 aromatic carbocycles. The molecule has 0 amide bonds. The van der Waals surface area contributed by atoms with Gasteiger partial charge in [0.1, 0.15) is 0 Å². The summed E-state index contributed by atoms with van der Waals surface area (Å²) in [6, 6.07) is 8.19. The lowest BCUT2D eigenvalue weighted by molar-refractivity contribution is 0.0657. The summed E-state index contributed by atoms with van der Waals surface area (Å²) in [6.45, 7) is 0.841. The first-order valence-corrected chi connectivity index (χ1v) is 4.70. The molecule has 0 aromatic heterocycles. The third-order valence-electron chi connectivity index (χ3n) is 2.66. The van der Waals surface area contributed by atoms with Crippen molar-refractivity contribution in [1.82, 2.24) is 0 Å². The molecule has 0 bridgehead atoms. The van der Waals surface area contributed by atoms with Gasteiger partial charge in [0.25, 0.3) is 0 Å². The molecule has 0 radical (unpaired) electrons. The zero-order valence-corrected chi connectivity index (χ0v) is 7.36. The van der Waals surface area contributed by atoms with E-state index in [0.717, 1.165) is 24.8 Å². The molecule has 2 aliphatic rings. The van der Waals surface area contributed by atoms with E-state index < -0.39 is 0 Å². The van der Waals surface area contributed by atoms with Crippen molar-refractivity contribution in [3.05, 3.63) is 34.8 Å². The fraction of sp³-hybridized carbons (Fsp3) is 0.364. The summed E-state index contributed by atoms with van der Waals surface area (Å²) in [7, 11) is 0. The lowest BCUT2D eigenvalue weighted by atomic mass is 10.1. The molecule has 0 aliphatic carbocycles. The Kier molecular flexibility index (Phi) is 1.35.